The van der Waals surface area contributed by atoms with Crippen molar-refractivity contribution in [2.75, 3.05) is 19.2 Å². The van der Waals surface area contributed by atoms with Crippen molar-refractivity contribution in [3.05, 3.63) is 132 Å². The van der Waals surface area contributed by atoms with Gasteiger partial charge >= 0.3 is 0 Å². The maximum Gasteiger partial charge on any atom is 0.261 e. The van der Waals surface area contributed by atoms with E-state index < -0.39 is 31.9 Å². The van der Waals surface area contributed by atoms with Crippen LogP contribution in [0.15, 0.2) is 136 Å². The second-order valence-electron chi connectivity index (χ2n) is 16.4. The number of amides is 4. The van der Waals surface area contributed by atoms with Gasteiger partial charge in [-0.25, -0.2) is 16.8 Å². The molecule has 0 spiro atoms. The molecule has 8 atom stereocenters. The lowest BCUT2D eigenvalue weighted by Crippen LogP contribution is -2.33. The van der Waals surface area contributed by atoms with E-state index in [9.17, 15) is 36.0 Å². The number of allylic oxidation sites excluding steroid dienone is 4. The fourth-order valence-corrected chi connectivity index (χ4v) is 13.4. The van der Waals surface area contributed by atoms with Crippen LogP contribution in [0.5, 0.6) is 0 Å². The highest BCUT2D eigenvalue weighted by molar-refractivity contribution is 9.10. The third-order valence-corrected chi connectivity index (χ3v) is 16.8. The maximum absolute atomic E-state index is 14.2. The number of carbonyl (C=O) groups excluding carboxylic acids is 4. The molecule has 2 saturated heterocycles. The molecule has 5 aromatic rings. The van der Waals surface area contributed by atoms with Gasteiger partial charge in [0.2, 0.25) is 23.6 Å². The summed E-state index contributed by atoms with van der Waals surface area (Å²) in [4.78, 5) is 61.5. The Morgan fingerprint density at radius 2 is 1.11 bits per heavy atom. The summed E-state index contributed by atoms with van der Waals surface area (Å²) in [6.07, 6.45) is 9.07. The Labute approximate surface area is 358 Å². The van der Waals surface area contributed by atoms with Crippen molar-refractivity contribution in [1.82, 2.24) is 4.98 Å². The van der Waals surface area contributed by atoms with Crippen molar-refractivity contribution in [3.63, 3.8) is 0 Å². The number of halogens is 1. The molecule has 4 fully saturated rings. The summed E-state index contributed by atoms with van der Waals surface area (Å²) in [7, 11) is -8.11. The first-order chi connectivity index (χ1) is 29.3. The quantitative estimate of drug-likeness (QED) is 0.120. The Bertz CT molecular complexity index is 3050. The number of nitrogens with one attached hydrogen (secondary N) is 2. The first-order valence-corrected chi connectivity index (χ1v) is 23.6. The van der Waals surface area contributed by atoms with Gasteiger partial charge in [-0.1, -0.05) is 42.5 Å². The summed E-state index contributed by atoms with van der Waals surface area (Å²) in [5, 5.41) is 0.662. The first-order valence-electron chi connectivity index (χ1n) is 19.8. The minimum Gasteiger partial charge on any atom is -0.278 e. The molecule has 2 N–H and O–H groups in total. The molecule has 3 heterocycles. The van der Waals surface area contributed by atoms with E-state index in [0.717, 1.165) is 17.6 Å². The highest BCUT2D eigenvalue weighted by Gasteiger charge is 2.62. The van der Waals surface area contributed by atoms with Gasteiger partial charge in [-0.2, -0.15) is 0 Å². The van der Waals surface area contributed by atoms with Gasteiger partial charge in [0.05, 0.1) is 61.7 Å². The number of benzene rings is 4. The van der Waals surface area contributed by atoms with Crippen LogP contribution >= 0.6 is 15.9 Å². The molecule has 4 aromatic carbocycles. The molecular weight excluding hydrogens is 883 g/mol. The fourth-order valence-electron chi connectivity index (χ4n) is 10.7. The number of anilines is 4. The number of hydrogen-bond acceptors (Lipinski definition) is 9. The van der Waals surface area contributed by atoms with E-state index in [1.807, 2.05) is 24.3 Å². The average molecular weight is 917 g/mol. The summed E-state index contributed by atoms with van der Waals surface area (Å²) in [5.41, 5.74) is 3.28. The molecule has 2 aliphatic heterocycles. The van der Waals surface area contributed by atoms with Crippen LogP contribution in [-0.4, -0.2) is 45.4 Å². The number of para-hydroxylation sites is 1. The number of fused-ring (bicyclic) bond motifs is 11. The number of sulfonamides is 2. The lowest BCUT2D eigenvalue weighted by Gasteiger charge is -2.23. The van der Waals surface area contributed by atoms with Gasteiger partial charge in [0.1, 0.15) is 0 Å². The summed E-state index contributed by atoms with van der Waals surface area (Å²) in [5.74, 6) is -3.44. The smallest absolute Gasteiger partial charge is 0.261 e. The molecule has 8 unspecified atom stereocenters. The average Bonchev–Trinajstić information content (AvgIpc) is 4.11. The van der Waals surface area contributed by atoms with Crippen LogP contribution in [-0.2, 0) is 39.2 Å². The minimum atomic E-state index is -4.15. The van der Waals surface area contributed by atoms with Crippen LogP contribution < -0.4 is 19.2 Å². The van der Waals surface area contributed by atoms with Crippen LogP contribution in [0.4, 0.5) is 22.7 Å². The van der Waals surface area contributed by atoms with Gasteiger partial charge in [-0.3, -0.25) is 43.4 Å². The van der Waals surface area contributed by atoms with E-state index >= 15 is 0 Å². The summed E-state index contributed by atoms with van der Waals surface area (Å²) >= 11 is 3.34. The third-order valence-electron chi connectivity index (χ3n) is 13.3. The van der Waals surface area contributed by atoms with E-state index in [1.165, 1.54) is 58.3 Å². The zero-order valence-corrected chi connectivity index (χ0v) is 35.1. The van der Waals surface area contributed by atoms with Crippen molar-refractivity contribution in [1.29, 1.82) is 0 Å². The Balaban J connectivity index is 0.822. The number of nitrogens with zero attached hydrogens (tertiary/aromatic N) is 3. The zero-order valence-electron chi connectivity index (χ0n) is 31.9. The highest BCUT2D eigenvalue weighted by Crippen LogP contribution is 2.59. The molecule has 11 rings (SSSR count). The monoisotopic (exact) mass is 915 g/mol. The van der Waals surface area contributed by atoms with Crippen molar-refractivity contribution in [3.8, 4) is 0 Å². The number of carbonyl (C=O) groups is 4. The molecule has 306 valence electrons. The van der Waals surface area contributed by atoms with Crippen molar-refractivity contribution < 1.29 is 36.0 Å². The molecular formula is C45H34BrN5O8S2. The van der Waals surface area contributed by atoms with Gasteiger partial charge in [-0.15, -0.1) is 0 Å². The van der Waals surface area contributed by atoms with Crippen LogP contribution in [0.25, 0.3) is 16.5 Å². The van der Waals surface area contributed by atoms with E-state index in [2.05, 4.69) is 30.4 Å². The number of hydrogen-bond donors (Lipinski definition) is 2. The number of pyridine rings is 1. The molecule has 16 heteroatoms. The van der Waals surface area contributed by atoms with E-state index in [0.29, 0.717) is 33.2 Å². The highest BCUT2D eigenvalue weighted by atomic mass is 79.9. The zero-order chi connectivity index (χ0) is 42.1. The van der Waals surface area contributed by atoms with E-state index in [4.69, 9.17) is 0 Å². The minimum absolute atomic E-state index is 0.0292. The molecule has 4 amide bonds. The van der Waals surface area contributed by atoms with E-state index in [1.54, 1.807) is 48.7 Å². The second kappa shape index (κ2) is 13.5. The number of aromatic nitrogens is 1. The van der Waals surface area contributed by atoms with E-state index in [-0.39, 0.29) is 80.3 Å². The first kappa shape index (κ1) is 38.0. The molecule has 4 bridgehead atoms. The standard InChI is InChI=1S/C45H34BrN5O8S2/c46-34-5-1-2-6-35(34)48-60(56,57)28-13-11-27(12-14-28)51-44(54)39-25-21-32(33(22-25)40(39)45(51)55)30-17-18-36(41-31(30)4-3-19-47-41)49-61(58,59)29-15-9-26(10-16-29)50-42(52)37-23-7-8-24(20-23)38(37)43(50)53/h1-19,21,23-25,33,37-40,48-49H,20,22H2. The van der Waals surface area contributed by atoms with Crippen molar-refractivity contribution in [2.24, 2.45) is 47.3 Å². The number of rotatable bonds is 9. The molecule has 13 nitrogen and oxygen atoms in total. The van der Waals surface area contributed by atoms with Crippen molar-refractivity contribution >= 4 is 98.8 Å². The predicted octanol–water partition coefficient (Wildman–Crippen LogP) is 6.75. The lowest BCUT2D eigenvalue weighted by atomic mass is 9.78. The van der Waals surface area contributed by atoms with Gasteiger partial charge in [0.25, 0.3) is 20.0 Å². The van der Waals surface area contributed by atoms with Gasteiger partial charge in [0.15, 0.2) is 0 Å². The Hall–Kier alpha value is -5.97. The van der Waals surface area contributed by atoms with Gasteiger partial charge < -0.3 is 0 Å². The Morgan fingerprint density at radius 1 is 0.574 bits per heavy atom. The molecule has 0 radical (unpaired) electrons. The summed E-state index contributed by atoms with van der Waals surface area (Å²) in [6, 6.07) is 25.2. The van der Waals surface area contributed by atoms with Gasteiger partial charge in [-0.05, 0) is 136 Å². The Morgan fingerprint density at radius 3 is 1.70 bits per heavy atom. The second-order valence-corrected chi connectivity index (χ2v) is 20.7. The normalized spacial score (nSPS) is 27.3. The number of imide groups is 2. The lowest BCUT2D eigenvalue weighted by molar-refractivity contribution is -0.124. The predicted molar refractivity (Wildman–Crippen MR) is 230 cm³/mol. The molecule has 61 heavy (non-hydrogen) atoms. The Kier molecular flexibility index (Phi) is 8.42. The molecule has 6 aliphatic rings. The fraction of sp³-hybridized carbons (Fsp3) is 0.222. The maximum atomic E-state index is 14.2. The molecule has 4 aliphatic carbocycles. The van der Waals surface area contributed by atoms with Gasteiger partial charge in [0, 0.05) is 16.1 Å². The summed E-state index contributed by atoms with van der Waals surface area (Å²) < 4.78 is 59.7. The van der Waals surface area contributed by atoms with Crippen LogP contribution in [0.3, 0.4) is 0 Å². The van der Waals surface area contributed by atoms with Crippen LogP contribution in [0.2, 0.25) is 0 Å². The molecule has 2 saturated carbocycles. The summed E-state index contributed by atoms with van der Waals surface area (Å²) in [6.45, 7) is 0. The topological polar surface area (TPSA) is 180 Å². The van der Waals surface area contributed by atoms with Crippen LogP contribution in [0.1, 0.15) is 18.4 Å². The van der Waals surface area contributed by atoms with Crippen LogP contribution in [0, 0.1) is 47.3 Å². The van der Waals surface area contributed by atoms with Crippen molar-refractivity contribution in [2.45, 2.75) is 22.6 Å². The molecule has 1 aromatic heterocycles. The SMILES string of the molecule is O=C1C2C3C=CC(C3)C2C(=O)N1c1ccc(S(=O)(=O)Nc2ccc(C3=CC4CC3C3C(=O)N(c5ccc(S(=O)(=O)Nc6ccccc6Br)cc5)C(=O)C43)c3cccnc23)cc1. The third kappa shape index (κ3) is 5.71. The largest absolute Gasteiger partial charge is 0.278 e.